The van der Waals surface area contributed by atoms with Crippen molar-refractivity contribution < 1.29 is 17.5 Å². The highest BCUT2D eigenvalue weighted by Crippen LogP contribution is 2.37. The van der Waals surface area contributed by atoms with Gasteiger partial charge >= 0.3 is 0 Å². The molecule has 0 aromatic heterocycles. The van der Waals surface area contributed by atoms with Crippen LogP contribution >= 0.6 is 0 Å². The molecule has 1 aliphatic rings. The van der Waals surface area contributed by atoms with Gasteiger partial charge in [0.05, 0.1) is 18.0 Å². The zero-order valence-corrected chi connectivity index (χ0v) is 14.5. The lowest BCUT2D eigenvalue weighted by molar-refractivity contribution is 0.394. The standard InChI is InChI=1S/C18H20FNO3S/c1-13-12-15(19)7-10-18(13)24(21,22)20-11-3-4-17(20)14-5-8-16(23-2)9-6-14/h5-10,12,17H,3-4,11H2,1-2H3. The van der Waals surface area contributed by atoms with E-state index in [1.165, 1.54) is 22.5 Å². The normalized spacial score (nSPS) is 18.7. The van der Waals surface area contributed by atoms with Gasteiger partial charge in [0.2, 0.25) is 10.0 Å². The van der Waals surface area contributed by atoms with Gasteiger partial charge in [-0.3, -0.25) is 0 Å². The summed E-state index contributed by atoms with van der Waals surface area (Å²) in [4.78, 5) is 0.171. The number of hydrogen-bond acceptors (Lipinski definition) is 3. The van der Waals surface area contributed by atoms with Crippen molar-refractivity contribution in [3.05, 3.63) is 59.4 Å². The van der Waals surface area contributed by atoms with Gasteiger partial charge in [-0.05, 0) is 61.2 Å². The number of ether oxygens (including phenoxy) is 1. The van der Waals surface area contributed by atoms with Crippen LogP contribution in [0.3, 0.4) is 0 Å². The minimum atomic E-state index is -3.66. The molecule has 1 aliphatic heterocycles. The van der Waals surface area contributed by atoms with Crippen LogP contribution in [-0.2, 0) is 10.0 Å². The van der Waals surface area contributed by atoms with E-state index in [0.29, 0.717) is 12.1 Å². The molecule has 1 fully saturated rings. The predicted octanol–water partition coefficient (Wildman–Crippen LogP) is 3.67. The summed E-state index contributed by atoms with van der Waals surface area (Å²) in [5, 5.41) is 0. The highest BCUT2D eigenvalue weighted by Gasteiger charge is 2.36. The first-order valence-corrected chi connectivity index (χ1v) is 9.29. The summed E-state index contributed by atoms with van der Waals surface area (Å²) >= 11 is 0. The molecule has 4 nitrogen and oxygen atoms in total. The van der Waals surface area contributed by atoms with Crippen molar-refractivity contribution in [1.29, 1.82) is 0 Å². The highest BCUT2D eigenvalue weighted by atomic mass is 32.2. The van der Waals surface area contributed by atoms with E-state index in [1.807, 2.05) is 24.3 Å². The number of aryl methyl sites for hydroxylation is 1. The molecule has 0 aliphatic carbocycles. The number of rotatable bonds is 4. The monoisotopic (exact) mass is 349 g/mol. The Morgan fingerprint density at radius 3 is 2.50 bits per heavy atom. The lowest BCUT2D eigenvalue weighted by Crippen LogP contribution is -2.31. The van der Waals surface area contributed by atoms with E-state index in [0.717, 1.165) is 24.2 Å². The van der Waals surface area contributed by atoms with Crippen LogP contribution < -0.4 is 4.74 Å². The average Bonchev–Trinajstić information content (AvgIpc) is 3.05. The quantitative estimate of drug-likeness (QED) is 0.846. The third-order valence-electron chi connectivity index (χ3n) is 4.43. The molecule has 24 heavy (non-hydrogen) atoms. The molecule has 6 heteroatoms. The van der Waals surface area contributed by atoms with Crippen molar-refractivity contribution in [2.24, 2.45) is 0 Å². The number of nitrogens with zero attached hydrogens (tertiary/aromatic N) is 1. The molecule has 0 N–H and O–H groups in total. The summed E-state index contributed by atoms with van der Waals surface area (Å²) in [6.45, 7) is 2.09. The van der Waals surface area contributed by atoms with Crippen molar-refractivity contribution in [2.45, 2.75) is 30.7 Å². The SMILES string of the molecule is COc1ccc(C2CCCN2S(=O)(=O)c2ccc(F)cc2C)cc1. The zero-order valence-electron chi connectivity index (χ0n) is 13.7. The first-order valence-electron chi connectivity index (χ1n) is 7.85. The lowest BCUT2D eigenvalue weighted by atomic mass is 10.1. The topological polar surface area (TPSA) is 46.6 Å². The number of methoxy groups -OCH3 is 1. The first-order chi connectivity index (χ1) is 11.4. The predicted molar refractivity (Wildman–Crippen MR) is 90.0 cm³/mol. The van der Waals surface area contributed by atoms with Crippen LogP contribution in [0.2, 0.25) is 0 Å². The summed E-state index contributed by atoms with van der Waals surface area (Å²) in [7, 11) is -2.07. The fourth-order valence-electron chi connectivity index (χ4n) is 3.22. The van der Waals surface area contributed by atoms with Gasteiger partial charge in [-0.1, -0.05) is 12.1 Å². The number of halogens is 1. The van der Waals surface area contributed by atoms with Gasteiger partial charge in [-0.15, -0.1) is 0 Å². The largest absolute Gasteiger partial charge is 0.497 e. The molecular weight excluding hydrogens is 329 g/mol. The second-order valence-electron chi connectivity index (χ2n) is 5.96. The van der Waals surface area contributed by atoms with E-state index < -0.39 is 15.8 Å². The van der Waals surface area contributed by atoms with Crippen LogP contribution in [0.25, 0.3) is 0 Å². The molecule has 0 saturated carbocycles. The van der Waals surface area contributed by atoms with Crippen LogP contribution in [0, 0.1) is 12.7 Å². The van der Waals surface area contributed by atoms with Crippen molar-refractivity contribution in [2.75, 3.05) is 13.7 Å². The fraction of sp³-hybridized carbons (Fsp3) is 0.333. The summed E-state index contributed by atoms with van der Waals surface area (Å²) in [6, 6.07) is 11.1. The van der Waals surface area contributed by atoms with Crippen molar-refractivity contribution in [3.63, 3.8) is 0 Å². The number of hydrogen-bond donors (Lipinski definition) is 0. The molecule has 2 aromatic rings. The van der Waals surface area contributed by atoms with Gasteiger partial charge in [0.1, 0.15) is 11.6 Å². The molecule has 1 atom stereocenters. The molecular formula is C18H20FNO3S. The van der Waals surface area contributed by atoms with Crippen molar-refractivity contribution in [3.8, 4) is 5.75 Å². The maximum Gasteiger partial charge on any atom is 0.243 e. The van der Waals surface area contributed by atoms with Gasteiger partial charge in [-0.2, -0.15) is 4.31 Å². The first kappa shape index (κ1) is 16.9. The summed E-state index contributed by atoms with van der Waals surface area (Å²) in [5.74, 6) is 0.306. The molecule has 128 valence electrons. The maximum absolute atomic E-state index is 13.3. The molecule has 3 rings (SSSR count). The maximum atomic E-state index is 13.3. The van der Waals surface area contributed by atoms with Crippen LogP contribution in [0.5, 0.6) is 5.75 Å². The van der Waals surface area contributed by atoms with Gasteiger partial charge in [0, 0.05) is 6.54 Å². The fourth-order valence-corrected chi connectivity index (χ4v) is 5.11. The Morgan fingerprint density at radius 2 is 1.88 bits per heavy atom. The van der Waals surface area contributed by atoms with Crippen LogP contribution in [0.15, 0.2) is 47.4 Å². The van der Waals surface area contributed by atoms with E-state index in [9.17, 15) is 12.8 Å². The zero-order chi connectivity index (χ0) is 17.3. The Morgan fingerprint density at radius 1 is 1.17 bits per heavy atom. The average molecular weight is 349 g/mol. The Hall–Kier alpha value is -1.92. The van der Waals surface area contributed by atoms with Crippen molar-refractivity contribution in [1.82, 2.24) is 4.31 Å². The van der Waals surface area contributed by atoms with Gasteiger partial charge in [0.15, 0.2) is 0 Å². The van der Waals surface area contributed by atoms with E-state index in [4.69, 9.17) is 4.74 Å². The summed E-state index contributed by atoms with van der Waals surface area (Å²) < 4.78 is 46.1. The Labute approximate surface area is 141 Å². The molecule has 1 unspecified atom stereocenters. The smallest absolute Gasteiger partial charge is 0.243 e. The van der Waals surface area contributed by atoms with E-state index in [1.54, 1.807) is 14.0 Å². The third kappa shape index (κ3) is 3.03. The summed E-state index contributed by atoms with van der Waals surface area (Å²) in [6.07, 6.45) is 1.57. The van der Waals surface area contributed by atoms with E-state index in [2.05, 4.69) is 0 Å². The van der Waals surface area contributed by atoms with Crippen LogP contribution in [-0.4, -0.2) is 26.4 Å². The summed E-state index contributed by atoms with van der Waals surface area (Å²) in [5.41, 5.74) is 1.37. The second kappa shape index (κ2) is 6.53. The van der Waals surface area contributed by atoms with Gasteiger partial charge in [-0.25, -0.2) is 12.8 Å². The van der Waals surface area contributed by atoms with E-state index in [-0.39, 0.29) is 10.9 Å². The third-order valence-corrected chi connectivity index (χ3v) is 6.50. The second-order valence-corrected chi connectivity index (χ2v) is 7.82. The molecule has 0 amide bonds. The molecule has 0 bridgehead atoms. The van der Waals surface area contributed by atoms with Crippen LogP contribution in [0.1, 0.15) is 30.0 Å². The minimum Gasteiger partial charge on any atom is -0.497 e. The Bertz CT molecular complexity index is 834. The minimum absolute atomic E-state index is 0.171. The van der Waals surface area contributed by atoms with Crippen molar-refractivity contribution >= 4 is 10.0 Å². The number of sulfonamides is 1. The molecule has 0 spiro atoms. The molecule has 1 heterocycles. The molecule has 2 aromatic carbocycles. The molecule has 0 radical (unpaired) electrons. The van der Waals surface area contributed by atoms with Gasteiger partial charge in [0.25, 0.3) is 0 Å². The lowest BCUT2D eigenvalue weighted by Gasteiger charge is -2.25. The van der Waals surface area contributed by atoms with Crippen LogP contribution in [0.4, 0.5) is 4.39 Å². The highest BCUT2D eigenvalue weighted by molar-refractivity contribution is 7.89. The van der Waals surface area contributed by atoms with E-state index >= 15 is 0 Å². The number of benzene rings is 2. The molecule has 1 saturated heterocycles. The van der Waals surface area contributed by atoms with Gasteiger partial charge < -0.3 is 4.74 Å². The Balaban J connectivity index is 1.96. The Kier molecular flexibility index (Phi) is 4.60.